The summed E-state index contributed by atoms with van der Waals surface area (Å²) in [5.74, 6) is 0.113. The third-order valence-corrected chi connectivity index (χ3v) is 5.05. The van der Waals surface area contributed by atoms with Gasteiger partial charge < -0.3 is 15.0 Å². The predicted molar refractivity (Wildman–Crippen MR) is 116 cm³/mol. The van der Waals surface area contributed by atoms with Crippen LogP contribution in [-0.4, -0.2) is 41.9 Å². The summed E-state index contributed by atoms with van der Waals surface area (Å²) < 4.78 is 5.61. The van der Waals surface area contributed by atoms with Crippen molar-refractivity contribution in [2.75, 3.05) is 13.2 Å². The fraction of sp³-hybridized carbons (Fsp3) is 0.391. The van der Waals surface area contributed by atoms with E-state index in [0.29, 0.717) is 23.7 Å². The van der Waals surface area contributed by atoms with Crippen LogP contribution in [0.25, 0.3) is 0 Å². The van der Waals surface area contributed by atoms with Gasteiger partial charge in [0, 0.05) is 17.6 Å². The topological polar surface area (TPSA) is 58.6 Å². The van der Waals surface area contributed by atoms with E-state index in [1.54, 1.807) is 36.1 Å². The van der Waals surface area contributed by atoms with Crippen molar-refractivity contribution in [1.29, 1.82) is 0 Å². The molecule has 0 aromatic heterocycles. The highest BCUT2D eigenvalue weighted by molar-refractivity contribution is 6.30. The fourth-order valence-corrected chi connectivity index (χ4v) is 3.00. The monoisotopic (exact) mass is 416 g/mol. The van der Waals surface area contributed by atoms with Gasteiger partial charge in [0.05, 0.1) is 0 Å². The summed E-state index contributed by atoms with van der Waals surface area (Å²) in [5.41, 5.74) is 1.11. The number of nitrogens with one attached hydrogen (secondary N) is 1. The predicted octanol–water partition coefficient (Wildman–Crippen LogP) is 4.09. The number of hydrogen-bond donors (Lipinski definition) is 1. The smallest absolute Gasteiger partial charge is 0.261 e. The van der Waals surface area contributed by atoms with Gasteiger partial charge in [-0.1, -0.05) is 54.9 Å². The number of benzene rings is 2. The van der Waals surface area contributed by atoms with Crippen LogP contribution in [0.4, 0.5) is 0 Å². The molecule has 2 amide bonds. The van der Waals surface area contributed by atoms with Crippen molar-refractivity contribution in [2.24, 2.45) is 0 Å². The Balaban J connectivity index is 2.07. The van der Waals surface area contributed by atoms with Crippen molar-refractivity contribution in [1.82, 2.24) is 10.2 Å². The molecular weight excluding hydrogens is 388 g/mol. The lowest BCUT2D eigenvalue weighted by Crippen LogP contribution is -2.51. The average Bonchev–Trinajstić information content (AvgIpc) is 2.72. The van der Waals surface area contributed by atoms with E-state index in [9.17, 15) is 9.59 Å². The largest absolute Gasteiger partial charge is 0.484 e. The van der Waals surface area contributed by atoms with E-state index < -0.39 is 6.04 Å². The lowest BCUT2D eigenvalue weighted by atomic mass is 10.1. The molecule has 0 heterocycles. The van der Waals surface area contributed by atoms with E-state index in [1.807, 2.05) is 44.2 Å². The number of rotatable bonds is 10. The minimum Gasteiger partial charge on any atom is -0.484 e. The molecule has 0 fully saturated rings. The third kappa shape index (κ3) is 7.42. The Kier molecular flexibility index (Phi) is 9.00. The van der Waals surface area contributed by atoms with Gasteiger partial charge in [0.25, 0.3) is 5.91 Å². The molecule has 0 spiro atoms. The summed E-state index contributed by atoms with van der Waals surface area (Å²) in [6.07, 6.45) is 1.49. The van der Waals surface area contributed by atoms with Crippen LogP contribution in [0.1, 0.15) is 32.8 Å². The van der Waals surface area contributed by atoms with Crippen molar-refractivity contribution in [3.05, 3.63) is 65.2 Å². The average molecular weight is 417 g/mol. The molecule has 0 aliphatic rings. The molecule has 0 bridgehead atoms. The molecule has 0 unspecified atom stereocenters. The molecule has 0 saturated heterocycles. The first-order chi connectivity index (χ1) is 13.9. The summed E-state index contributed by atoms with van der Waals surface area (Å²) in [7, 11) is 0. The van der Waals surface area contributed by atoms with E-state index in [-0.39, 0.29) is 24.5 Å². The Morgan fingerprint density at radius 1 is 1.10 bits per heavy atom. The highest BCUT2D eigenvalue weighted by Gasteiger charge is 2.26. The molecule has 29 heavy (non-hydrogen) atoms. The normalized spacial score (nSPS) is 12.7. The first-order valence-electron chi connectivity index (χ1n) is 9.92. The molecule has 0 saturated carbocycles. The second-order valence-electron chi connectivity index (χ2n) is 7.06. The molecule has 6 heteroatoms. The number of ether oxygens (including phenoxy) is 1. The Bertz CT molecular complexity index is 798. The zero-order valence-corrected chi connectivity index (χ0v) is 18.0. The van der Waals surface area contributed by atoms with Crippen molar-refractivity contribution in [2.45, 2.75) is 45.7 Å². The van der Waals surface area contributed by atoms with Gasteiger partial charge in [-0.05, 0) is 50.5 Å². The molecule has 2 rings (SSSR count). The van der Waals surface area contributed by atoms with Crippen LogP contribution in [0.5, 0.6) is 5.75 Å². The van der Waals surface area contributed by atoms with E-state index in [4.69, 9.17) is 16.3 Å². The number of halogens is 1. The van der Waals surface area contributed by atoms with Gasteiger partial charge in [0.2, 0.25) is 5.91 Å². The Morgan fingerprint density at radius 2 is 1.83 bits per heavy atom. The first-order valence-corrected chi connectivity index (χ1v) is 10.3. The number of nitrogens with zero attached hydrogens (tertiary/aromatic N) is 1. The minimum absolute atomic E-state index is 0.0544. The van der Waals surface area contributed by atoms with Crippen LogP contribution in [0.15, 0.2) is 54.6 Å². The summed E-state index contributed by atoms with van der Waals surface area (Å²) in [6.45, 7) is 5.97. The van der Waals surface area contributed by atoms with Crippen LogP contribution in [0, 0.1) is 0 Å². The molecule has 156 valence electrons. The quantitative estimate of drug-likeness (QED) is 0.634. The van der Waals surface area contributed by atoms with Gasteiger partial charge in [-0.15, -0.1) is 0 Å². The first kappa shape index (κ1) is 22.8. The molecule has 1 N–H and O–H groups in total. The second kappa shape index (κ2) is 11.5. The van der Waals surface area contributed by atoms with E-state index in [2.05, 4.69) is 5.32 Å². The van der Waals surface area contributed by atoms with Crippen molar-refractivity contribution in [3.63, 3.8) is 0 Å². The van der Waals surface area contributed by atoms with Gasteiger partial charge >= 0.3 is 0 Å². The van der Waals surface area contributed by atoms with Gasteiger partial charge in [-0.2, -0.15) is 0 Å². The maximum absolute atomic E-state index is 12.9. The molecule has 2 atom stereocenters. The van der Waals surface area contributed by atoms with Crippen LogP contribution in [0.2, 0.25) is 5.02 Å². The van der Waals surface area contributed by atoms with Gasteiger partial charge in [0.15, 0.2) is 6.61 Å². The summed E-state index contributed by atoms with van der Waals surface area (Å²) >= 11 is 5.97. The summed E-state index contributed by atoms with van der Waals surface area (Å²) in [5, 5.41) is 3.49. The van der Waals surface area contributed by atoms with E-state index >= 15 is 0 Å². The molecule has 0 radical (unpaired) electrons. The van der Waals surface area contributed by atoms with Crippen LogP contribution in [0.3, 0.4) is 0 Å². The Hall–Kier alpha value is -2.53. The zero-order chi connectivity index (χ0) is 21.2. The molecule has 0 aliphatic heterocycles. The van der Waals surface area contributed by atoms with Gasteiger partial charge in [-0.25, -0.2) is 0 Å². The zero-order valence-electron chi connectivity index (χ0n) is 17.2. The molecule has 2 aromatic carbocycles. The number of carbonyl (C=O) groups is 2. The minimum atomic E-state index is -0.594. The SMILES string of the molecule is CC[C@H](C)NC(=O)[C@@H](C)N(CCc1ccccc1)C(=O)COc1cccc(Cl)c1. The lowest BCUT2D eigenvalue weighted by molar-refractivity contribution is -0.141. The highest BCUT2D eigenvalue weighted by Crippen LogP contribution is 2.17. The maximum Gasteiger partial charge on any atom is 0.261 e. The number of carbonyl (C=O) groups excluding carboxylic acids is 2. The van der Waals surface area contributed by atoms with Crippen molar-refractivity contribution < 1.29 is 14.3 Å². The highest BCUT2D eigenvalue weighted by atomic mass is 35.5. The van der Waals surface area contributed by atoms with Crippen LogP contribution >= 0.6 is 11.6 Å². The Morgan fingerprint density at radius 3 is 2.48 bits per heavy atom. The molecule has 5 nitrogen and oxygen atoms in total. The molecule has 0 aliphatic carbocycles. The maximum atomic E-state index is 12.9. The second-order valence-corrected chi connectivity index (χ2v) is 7.50. The van der Waals surface area contributed by atoms with Crippen LogP contribution < -0.4 is 10.1 Å². The summed E-state index contributed by atoms with van der Waals surface area (Å²) in [6, 6.07) is 16.3. The van der Waals surface area contributed by atoms with Crippen molar-refractivity contribution >= 4 is 23.4 Å². The number of hydrogen-bond acceptors (Lipinski definition) is 3. The van der Waals surface area contributed by atoms with Gasteiger partial charge in [-0.3, -0.25) is 9.59 Å². The van der Waals surface area contributed by atoms with Gasteiger partial charge in [0.1, 0.15) is 11.8 Å². The van der Waals surface area contributed by atoms with Crippen molar-refractivity contribution in [3.8, 4) is 5.75 Å². The third-order valence-electron chi connectivity index (χ3n) is 4.81. The Labute approximate surface area is 178 Å². The fourth-order valence-electron chi connectivity index (χ4n) is 2.82. The molecular formula is C23H29ClN2O3. The number of amides is 2. The lowest BCUT2D eigenvalue weighted by Gasteiger charge is -2.29. The molecule has 2 aromatic rings. The van der Waals surface area contributed by atoms with E-state index in [1.165, 1.54) is 0 Å². The van der Waals surface area contributed by atoms with Crippen LogP contribution in [-0.2, 0) is 16.0 Å². The van der Waals surface area contributed by atoms with E-state index in [0.717, 1.165) is 12.0 Å². The standard InChI is InChI=1S/C23H29ClN2O3/c1-4-17(2)25-23(28)18(3)26(14-13-19-9-6-5-7-10-19)22(27)16-29-21-12-8-11-20(24)15-21/h5-12,15,17-18H,4,13-14,16H2,1-3H3,(H,25,28)/t17-,18+/m0/s1. The summed E-state index contributed by atoms with van der Waals surface area (Å²) in [4.78, 5) is 27.1.